The van der Waals surface area contributed by atoms with Crippen molar-refractivity contribution < 1.29 is 4.79 Å². The molecule has 86 valence electrons. The standard InChI is InChI=1S/C11H21N3O/c12-11(15)8-14-7-1-2-10(14)9-3-5-13-6-4-9/h9-10,13H,1-8H2,(H2,12,15). The Morgan fingerprint density at radius 2 is 2.07 bits per heavy atom. The number of nitrogens with zero attached hydrogens (tertiary/aromatic N) is 1. The van der Waals surface area contributed by atoms with Crippen molar-refractivity contribution in [2.75, 3.05) is 26.2 Å². The van der Waals surface area contributed by atoms with E-state index in [0.717, 1.165) is 25.6 Å². The van der Waals surface area contributed by atoms with Gasteiger partial charge in [-0.1, -0.05) is 0 Å². The zero-order chi connectivity index (χ0) is 10.7. The summed E-state index contributed by atoms with van der Waals surface area (Å²) in [4.78, 5) is 13.2. The van der Waals surface area contributed by atoms with E-state index in [9.17, 15) is 4.79 Å². The predicted molar refractivity (Wildman–Crippen MR) is 59.4 cm³/mol. The summed E-state index contributed by atoms with van der Waals surface area (Å²) in [5.41, 5.74) is 5.27. The van der Waals surface area contributed by atoms with Gasteiger partial charge in [0.25, 0.3) is 0 Å². The number of nitrogens with two attached hydrogens (primary N) is 1. The van der Waals surface area contributed by atoms with Crippen molar-refractivity contribution in [2.45, 2.75) is 31.7 Å². The molecular formula is C11H21N3O. The molecule has 15 heavy (non-hydrogen) atoms. The first kappa shape index (κ1) is 10.9. The molecule has 0 bridgehead atoms. The number of piperidine rings is 1. The van der Waals surface area contributed by atoms with Gasteiger partial charge in [0.1, 0.15) is 0 Å². The van der Waals surface area contributed by atoms with E-state index in [2.05, 4.69) is 10.2 Å². The molecule has 0 aliphatic carbocycles. The number of rotatable bonds is 3. The van der Waals surface area contributed by atoms with Gasteiger partial charge >= 0.3 is 0 Å². The number of primary amides is 1. The van der Waals surface area contributed by atoms with E-state index < -0.39 is 0 Å². The van der Waals surface area contributed by atoms with E-state index in [1.54, 1.807) is 0 Å². The van der Waals surface area contributed by atoms with Gasteiger partial charge in [-0.2, -0.15) is 0 Å². The molecule has 2 heterocycles. The minimum Gasteiger partial charge on any atom is -0.369 e. The summed E-state index contributed by atoms with van der Waals surface area (Å²) in [6.45, 7) is 3.77. The van der Waals surface area contributed by atoms with Gasteiger partial charge in [-0.05, 0) is 51.2 Å². The van der Waals surface area contributed by atoms with Crippen LogP contribution in [0, 0.1) is 5.92 Å². The third-order valence-electron chi connectivity index (χ3n) is 3.70. The zero-order valence-corrected chi connectivity index (χ0v) is 9.24. The molecule has 4 heteroatoms. The van der Waals surface area contributed by atoms with Crippen LogP contribution in [0.2, 0.25) is 0 Å². The molecule has 0 spiro atoms. The van der Waals surface area contributed by atoms with Gasteiger partial charge in [0.15, 0.2) is 0 Å². The van der Waals surface area contributed by atoms with Crippen LogP contribution < -0.4 is 11.1 Å². The summed E-state index contributed by atoms with van der Waals surface area (Å²) in [5, 5.41) is 3.38. The number of amides is 1. The fraction of sp³-hybridized carbons (Fsp3) is 0.909. The number of likely N-dealkylation sites (tertiary alicyclic amines) is 1. The van der Waals surface area contributed by atoms with Crippen LogP contribution in [0.15, 0.2) is 0 Å². The summed E-state index contributed by atoms with van der Waals surface area (Å²) < 4.78 is 0. The van der Waals surface area contributed by atoms with E-state index in [0.29, 0.717) is 12.6 Å². The highest BCUT2D eigenvalue weighted by molar-refractivity contribution is 5.76. The SMILES string of the molecule is NC(=O)CN1CCCC1C1CCNCC1. The summed E-state index contributed by atoms with van der Waals surface area (Å²) in [7, 11) is 0. The molecule has 1 unspecified atom stereocenters. The second-order valence-corrected chi connectivity index (χ2v) is 4.73. The molecule has 1 atom stereocenters. The Kier molecular flexibility index (Phi) is 3.59. The molecule has 2 rings (SSSR count). The Labute approximate surface area is 91.2 Å². The number of carbonyl (C=O) groups excluding carboxylic acids is 1. The maximum absolute atomic E-state index is 11.0. The molecule has 0 aromatic carbocycles. The average Bonchev–Trinajstić information content (AvgIpc) is 2.66. The third kappa shape index (κ3) is 2.69. The molecule has 2 fully saturated rings. The van der Waals surface area contributed by atoms with Gasteiger partial charge in [-0.3, -0.25) is 9.69 Å². The molecule has 0 aromatic heterocycles. The van der Waals surface area contributed by atoms with Crippen LogP contribution in [-0.2, 0) is 4.79 Å². The zero-order valence-electron chi connectivity index (χ0n) is 9.24. The quantitative estimate of drug-likeness (QED) is 0.687. The first-order valence-electron chi connectivity index (χ1n) is 6.00. The van der Waals surface area contributed by atoms with Gasteiger partial charge in [-0.15, -0.1) is 0 Å². The van der Waals surface area contributed by atoms with Crippen molar-refractivity contribution in [3.63, 3.8) is 0 Å². The van der Waals surface area contributed by atoms with Crippen LogP contribution in [0.5, 0.6) is 0 Å². The van der Waals surface area contributed by atoms with Gasteiger partial charge in [0, 0.05) is 6.04 Å². The van der Waals surface area contributed by atoms with E-state index in [4.69, 9.17) is 5.73 Å². The molecule has 0 radical (unpaired) electrons. The molecule has 0 aromatic rings. The Hall–Kier alpha value is -0.610. The van der Waals surface area contributed by atoms with Crippen molar-refractivity contribution in [1.29, 1.82) is 0 Å². The normalized spacial score (nSPS) is 29.5. The van der Waals surface area contributed by atoms with E-state index in [-0.39, 0.29) is 5.91 Å². The third-order valence-corrected chi connectivity index (χ3v) is 3.70. The van der Waals surface area contributed by atoms with Crippen molar-refractivity contribution in [3.05, 3.63) is 0 Å². The lowest BCUT2D eigenvalue weighted by Gasteiger charge is -2.33. The van der Waals surface area contributed by atoms with Gasteiger partial charge in [0.2, 0.25) is 5.91 Å². The van der Waals surface area contributed by atoms with Crippen LogP contribution in [0.3, 0.4) is 0 Å². The average molecular weight is 211 g/mol. The molecule has 4 nitrogen and oxygen atoms in total. The Balaban J connectivity index is 1.91. The van der Waals surface area contributed by atoms with Crippen molar-refractivity contribution >= 4 is 5.91 Å². The van der Waals surface area contributed by atoms with Crippen LogP contribution >= 0.6 is 0 Å². The maximum atomic E-state index is 11.0. The summed E-state index contributed by atoms with van der Waals surface area (Å²) in [6.07, 6.45) is 4.97. The van der Waals surface area contributed by atoms with Crippen LogP contribution in [0.25, 0.3) is 0 Å². The number of carbonyl (C=O) groups is 1. The molecule has 3 N–H and O–H groups in total. The summed E-state index contributed by atoms with van der Waals surface area (Å²) in [6, 6.07) is 0.611. The smallest absolute Gasteiger partial charge is 0.231 e. The molecule has 2 saturated heterocycles. The van der Waals surface area contributed by atoms with Gasteiger partial charge < -0.3 is 11.1 Å². The minimum absolute atomic E-state index is 0.184. The molecule has 2 aliphatic rings. The first-order chi connectivity index (χ1) is 7.27. The lowest BCUT2D eigenvalue weighted by Crippen LogP contribution is -2.44. The highest BCUT2D eigenvalue weighted by atomic mass is 16.1. The fourth-order valence-corrected chi connectivity index (χ4v) is 3.01. The van der Waals surface area contributed by atoms with E-state index in [1.807, 2.05) is 0 Å². The fourth-order valence-electron chi connectivity index (χ4n) is 3.01. The topological polar surface area (TPSA) is 58.4 Å². The summed E-state index contributed by atoms with van der Waals surface area (Å²) in [5.74, 6) is 0.587. The number of hydrogen-bond donors (Lipinski definition) is 2. The van der Waals surface area contributed by atoms with Crippen LogP contribution in [0.1, 0.15) is 25.7 Å². The second-order valence-electron chi connectivity index (χ2n) is 4.73. The molecule has 2 aliphatic heterocycles. The Bertz CT molecular complexity index is 226. The van der Waals surface area contributed by atoms with Gasteiger partial charge in [0.05, 0.1) is 6.54 Å². The van der Waals surface area contributed by atoms with Crippen molar-refractivity contribution in [2.24, 2.45) is 11.7 Å². The largest absolute Gasteiger partial charge is 0.369 e. The van der Waals surface area contributed by atoms with E-state index in [1.165, 1.54) is 25.7 Å². The molecule has 1 amide bonds. The highest BCUT2D eigenvalue weighted by Crippen LogP contribution is 2.28. The Morgan fingerprint density at radius 3 is 2.73 bits per heavy atom. The van der Waals surface area contributed by atoms with Crippen LogP contribution in [-0.4, -0.2) is 43.0 Å². The lowest BCUT2D eigenvalue weighted by atomic mass is 9.89. The number of nitrogens with one attached hydrogen (secondary N) is 1. The van der Waals surface area contributed by atoms with Crippen molar-refractivity contribution in [3.8, 4) is 0 Å². The maximum Gasteiger partial charge on any atom is 0.231 e. The predicted octanol–water partition coefficient (Wildman–Crippen LogP) is -0.0643. The minimum atomic E-state index is -0.184. The second kappa shape index (κ2) is 4.94. The lowest BCUT2D eigenvalue weighted by molar-refractivity contribution is -0.119. The van der Waals surface area contributed by atoms with Crippen molar-refractivity contribution in [1.82, 2.24) is 10.2 Å². The van der Waals surface area contributed by atoms with E-state index >= 15 is 0 Å². The Morgan fingerprint density at radius 1 is 1.33 bits per heavy atom. The summed E-state index contributed by atoms with van der Waals surface area (Å²) >= 11 is 0. The van der Waals surface area contributed by atoms with Crippen LogP contribution in [0.4, 0.5) is 0 Å². The monoisotopic (exact) mass is 211 g/mol. The van der Waals surface area contributed by atoms with Gasteiger partial charge in [-0.25, -0.2) is 0 Å². The first-order valence-corrected chi connectivity index (χ1v) is 6.00. The molecular weight excluding hydrogens is 190 g/mol. The highest BCUT2D eigenvalue weighted by Gasteiger charge is 2.32. The number of hydrogen-bond acceptors (Lipinski definition) is 3. The molecule has 0 saturated carbocycles.